The van der Waals surface area contributed by atoms with Crippen molar-refractivity contribution in [3.63, 3.8) is 0 Å². The summed E-state index contributed by atoms with van der Waals surface area (Å²) in [5, 5.41) is 8.93. The van der Waals surface area contributed by atoms with E-state index in [2.05, 4.69) is 4.99 Å². The van der Waals surface area contributed by atoms with Crippen LogP contribution in [0.3, 0.4) is 0 Å². The molecule has 1 aliphatic rings. The second-order valence-corrected chi connectivity index (χ2v) is 5.34. The molecule has 0 spiro atoms. The number of hydrogen-bond donors (Lipinski definition) is 1. The summed E-state index contributed by atoms with van der Waals surface area (Å²) in [6.07, 6.45) is 3.81. The van der Waals surface area contributed by atoms with Crippen molar-refractivity contribution in [3.8, 4) is 0 Å². The molecule has 0 aromatic carbocycles. The van der Waals surface area contributed by atoms with Crippen LogP contribution in [0.25, 0.3) is 0 Å². The molecule has 0 bridgehead atoms. The normalized spacial score (nSPS) is 16.4. The topological polar surface area (TPSA) is 78.1 Å². The SMILES string of the molecule is CN(C)C=Nc1ccn(C2CCN(C(=O)O)CC2)c(=O)c1. The fraction of sp³-hybridized carbons (Fsp3) is 0.500. The number of rotatable bonds is 3. The number of piperidine rings is 1. The Morgan fingerprint density at radius 2 is 2.10 bits per heavy atom. The maximum atomic E-state index is 12.1. The summed E-state index contributed by atoms with van der Waals surface area (Å²) in [6, 6.07) is 3.36. The zero-order valence-electron chi connectivity index (χ0n) is 12.3. The van der Waals surface area contributed by atoms with Crippen LogP contribution in [0.1, 0.15) is 18.9 Å². The first-order valence-electron chi connectivity index (χ1n) is 6.88. The Balaban J connectivity index is 2.08. The van der Waals surface area contributed by atoms with Gasteiger partial charge in [-0.25, -0.2) is 9.79 Å². The molecule has 0 radical (unpaired) electrons. The van der Waals surface area contributed by atoms with Gasteiger partial charge in [0.05, 0.1) is 12.0 Å². The maximum absolute atomic E-state index is 12.1. The maximum Gasteiger partial charge on any atom is 0.407 e. The monoisotopic (exact) mass is 292 g/mol. The van der Waals surface area contributed by atoms with Gasteiger partial charge in [0.1, 0.15) is 0 Å². The lowest BCUT2D eigenvalue weighted by Gasteiger charge is -2.31. The molecule has 1 fully saturated rings. The summed E-state index contributed by atoms with van der Waals surface area (Å²) < 4.78 is 1.67. The van der Waals surface area contributed by atoms with Crippen molar-refractivity contribution in [1.82, 2.24) is 14.4 Å². The predicted molar refractivity (Wildman–Crippen MR) is 80.4 cm³/mol. The summed E-state index contributed by atoms with van der Waals surface area (Å²) in [5.74, 6) is 0. The molecule has 1 aliphatic heterocycles. The highest BCUT2D eigenvalue weighted by atomic mass is 16.4. The zero-order chi connectivity index (χ0) is 15.4. The van der Waals surface area contributed by atoms with Gasteiger partial charge in [0, 0.05) is 45.5 Å². The van der Waals surface area contributed by atoms with Crippen LogP contribution in [0.4, 0.5) is 10.5 Å². The number of nitrogens with zero attached hydrogens (tertiary/aromatic N) is 4. The summed E-state index contributed by atoms with van der Waals surface area (Å²) in [6.45, 7) is 0.931. The van der Waals surface area contributed by atoms with Gasteiger partial charge in [-0.2, -0.15) is 0 Å². The van der Waals surface area contributed by atoms with Gasteiger partial charge >= 0.3 is 6.09 Å². The lowest BCUT2D eigenvalue weighted by molar-refractivity contribution is 0.125. The zero-order valence-corrected chi connectivity index (χ0v) is 12.3. The number of hydrogen-bond acceptors (Lipinski definition) is 3. The van der Waals surface area contributed by atoms with E-state index in [0.29, 0.717) is 31.6 Å². The van der Waals surface area contributed by atoms with Crippen LogP contribution in [0.15, 0.2) is 28.1 Å². The fourth-order valence-electron chi connectivity index (χ4n) is 2.38. The van der Waals surface area contributed by atoms with Crippen LogP contribution in [-0.4, -0.2) is 59.1 Å². The molecule has 21 heavy (non-hydrogen) atoms. The molecule has 0 unspecified atom stereocenters. The number of pyridine rings is 1. The van der Waals surface area contributed by atoms with E-state index in [-0.39, 0.29) is 11.6 Å². The van der Waals surface area contributed by atoms with Crippen LogP contribution in [0, 0.1) is 0 Å². The standard InChI is InChI=1S/C14H20N4O3/c1-16(2)10-15-11-3-8-18(13(19)9-11)12-4-6-17(7-5-12)14(20)21/h3,8-10,12H,4-7H2,1-2H3,(H,20,21). The van der Waals surface area contributed by atoms with Gasteiger partial charge < -0.3 is 19.5 Å². The number of amides is 1. The minimum absolute atomic E-state index is 0.0555. The van der Waals surface area contributed by atoms with Gasteiger partial charge in [0.15, 0.2) is 0 Å². The third-order valence-corrected chi connectivity index (χ3v) is 3.50. The molecule has 1 aromatic rings. The summed E-state index contributed by atoms with van der Waals surface area (Å²) in [4.78, 5) is 30.4. The van der Waals surface area contributed by atoms with Crippen LogP contribution in [0.5, 0.6) is 0 Å². The van der Waals surface area contributed by atoms with Crippen LogP contribution in [-0.2, 0) is 0 Å². The number of likely N-dealkylation sites (tertiary alicyclic amines) is 1. The van der Waals surface area contributed by atoms with E-state index in [0.717, 1.165) is 0 Å². The van der Waals surface area contributed by atoms with Crippen molar-refractivity contribution in [2.24, 2.45) is 4.99 Å². The van der Waals surface area contributed by atoms with Crippen molar-refractivity contribution in [3.05, 3.63) is 28.7 Å². The van der Waals surface area contributed by atoms with Crippen molar-refractivity contribution in [2.45, 2.75) is 18.9 Å². The van der Waals surface area contributed by atoms with Gasteiger partial charge in [0.25, 0.3) is 5.56 Å². The minimum atomic E-state index is -0.894. The van der Waals surface area contributed by atoms with Crippen LogP contribution < -0.4 is 5.56 Å². The Kier molecular flexibility index (Phi) is 4.62. The Labute approximate surface area is 123 Å². The third-order valence-electron chi connectivity index (χ3n) is 3.50. The van der Waals surface area contributed by atoms with Gasteiger partial charge in [-0.15, -0.1) is 0 Å². The summed E-state index contributed by atoms with van der Waals surface area (Å²) >= 11 is 0. The molecule has 7 nitrogen and oxygen atoms in total. The van der Waals surface area contributed by atoms with E-state index in [1.165, 1.54) is 11.0 Å². The molecule has 1 aromatic heterocycles. The van der Waals surface area contributed by atoms with Crippen LogP contribution >= 0.6 is 0 Å². The molecule has 2 rings (SSSR count). The highest BCUT2D eigenvalue weighted by Gasteiger charge is 2.23. The van der Waals surface area contributed by atoms with E-state index in [1.807, 2.05) is 14.1 Å². The Hall–Kier alpha value is -2.31. The highest BCUT2D eigenvalue weighted by molar-refractivity contribution is 5.65. The number of carbonyl (C=O) groups is 1. The largest absolute Gasteiger partial charge is 0.465 e. The average molecular weight is 292 g/mol. The predicted octanol–water partition coefficient (Wildman–Crippen LogP) is 1.38. The lowest BCUT2D eigenvalue weighted by Crippen LogP contribution is -2.39. The van der Waals surface area contributed by atoms with E-state index >= 15 is 0 Å². The van der Waals surface area contributed by atoms with Crippen molar-refractivity contribution >= 4 is 18.1 Å². The molecular weight excluding hydrogens is 272 g/mol. The minimum Gasteiger partial charge on any atom is -0.465 e. The van der Waals surface area contributed by atoms with Gasteiger partial charge in [-0.05, 0) is 18.9 Å². The molecule has 114 valence electrons. The quantitative estimate of drug-likeness (QED) is 0.674. The number of aliphatic imine (C=N–C) groups is 1. The molecule has 2 heterocycles. The van der Waals surface area contributed by atoms with Crippen molar-refractivity contribution in [1.29, 1.82) is 0 Å². The Bertz CT molecular complexity index is 586. The molecule has 0 saturated carbocycles. The van der Waals surface area contributed by atoms with Crippen molar-refractivity contribution in [2.75, 3.05) is 27.2 Å². The number of carboxylic acid groups (broad SMARTS) is 1. The third kappa shape index (κ3) is 3.84. The fourth-order valence-corrected chi connectivity index (χ4v) is 2.38. The molecule has 1 saturated heterocycles. The molecule has 0 atom stereocenters. The first-order chi connectivity index (χ1) is 9.97. The highest BCUT2D eigenvalue weighted by Crippen LogP contribution is 2.21. The Morgan fingerprint density at radius 3 is 2.62 bits per heavy atom. The smallest absolute Gasteiger partial charge is 0.407 e. The summed E-state index contributed by atoms with van der Waals surface area (Å²) in [7, 11) is 3.72. The van der Waals surface area contributed by atoms with E-state index in [1.54, 1.807) is 28.1 Å². The average Bonchev–Trinajstić information content (AvgIpc) is 2.45. The van der Waals surface area contributed by atoms with E-state index < -0.39 is 6.09 Å². The first-order valence-corrected chi connectivity index (χ1v) is 6.88. The lowest BCUT2D eigenvalue weighted by atomic mass is 10.1. The van der Waals surface area contributed by atoms with Crippen LogP contribution in [0.2, 0.25) is 0 Å². The van der Waals surface area contributed by atoms with E-state index in [4.69, 9.17) is 5.11 Å². The summed E-state index contributed by atoms with van der Waals surface area (Å²) in [5.41, 5.74) is 0.519. The molecule has 7 heteroatoms. The van der Waals surface area contributed by atoms with Gasteiger partial charge in [0.2, 0.25) is 0 Å². The first kappa shape index (κ1) is 15.1. The molecular formula is C14H20N4O3. The number of aromatic nitrogens is 1. The van der Waals surface area contributed by atoms with Crippen molar-refractivity contribution < 1.29 is 9.90 Å². The Morgan fingerprint density at radius 1 is 1.43 bits per heavy atom. The van der Waals surface area contributed by atoms with Gasteiger partial charge in [-0.1, -0.05) is 0 Å². The second-order valence-electron chi connectivity index (χ2n) is 5.34. The molecule has 1 N–H and O–H groups in total. The van der Waals surface area contributed by atoms with Gasteiger partial charge in [-0.3, -0.25) is 4.79 Å². The molecule has 1 amide bonds. The molecule has 0 aliphatic carbocycles. The van der Waals surface area contributed by atoms with E-state index in [9.17, 15) is 9.59 Å². The second kappa shape index (κ2) is 6.43.